The van der Waals surface area contributed by atoms with Gasteiger partial charge in [-0.25, -0.2) is 0 Å². The molecule has 2 rings (SSSR count). The number of nitrogens with one attached hydrogen (secondary N) is 1. The van der Waals surface area contributed by atoms with E-state index in [9.17, 15) is 0 Å². The van der Waals surface area contributed by atoms with Crippen LogP contribution in [0.4, 0.5) is 0 Å². The summed E-state index contributed by atoms with van der Waals surface area (Å²) in [6.45, 7) is 13.9. The first-order valence-electron chi connectivity index (χ1n) is 7.62. The SMILES string of the molecule is CC(C)COC1CCN(CC2(C)CCNC2)CC1.Cl. The number of piperidine rings is 1. The minimum Gasteiger partial charge on any atom is -0.378 e. The van der Waals surface area contributed by atoms with Crippen molar-refractivity contribution in [2.24, 2.45) is 11.3 Å². The van der Waals surface area contributed by atoms with Crippen molar-refractivity contribution in [1.82, 2.24) is 10.2 Å². The molecule has 19 heavy (non-hydrogen) atoms. The first-order valence-corrected chi connectivity index (χ1v) is 7.62. The molecular formula is C15H31ClN2O. The van der Waals surface area contributed by atoms with Gasteiger partial charge in [-0.05, 0) is 37.1 Å². The molecular weight excluding hydrogens is 260 g/mol. The van der Waals surface area contributed by atoms with E-state index in [4.69, 9.17) is 4.74 Å². The Kier molecular flexibility index (Phi) is 7.09. The molecule has 2 aliphatic heterocycles. The van der Waals surface area contributed by atoms with E-state index in [1.54, 1.807) is 0 Å². The number of hydrogen-bond acceptors (Lipinski definition) is 3. The number of hydrogen-bond donors (Lipinski definition) is 1. The molecule has 0 spiro atoms. The Balaban J connectivity index is 0.00000180. The Bertz CT molecular complexity index is 247. The normalized spacial score (nSPS) is 29.7. The summed E-state index contributed by atoms with van der Waals surface area (Å²) in [5.41, 5.74) is 0.506. The minimum absolute atomic E-state index is 0. The number of ether oxygens (including phenoxy) is 1. The minimum atomic E-state index is 0. The molecule has 0 radical (unpaired) electrons. The van der Waals surface area contributed by atoms with Gasteiger partial charge in [-0.2, -0.15) is 0 Å². The smallest absolute Gasteiger partial charge is 0.0599 e. The number of likely N-dealkylation sites (tertiary alicyclic amines) is 1. The molecule has 0 bridgehead atoms. The summed E-state index contributed by atoms with van der Waals surface area (Å²) in [7, 11) is 0. The summed E-state index contributed by atoms with van der Waals surface area (Å²) in [6, 6.07) is 0. The lowest BCUT2D eigenvalue weighted by Crippen LogP contribution is -2.43. The fourth-order valence-electron chi connectivity index (χ4n) is 3.11. The van der Waals surface area contributed by atoms with E-state index >= 15 is 0 Å². The van der Waals surface area contributed by atoms with Gasteiger partial charge in [0.05, 0.1) is 6.10 Å². The highest BCUT2D eigenvalue weighted by atomic mass is 35.5. The fourth-order valence-corrected chi connectivity index (χ4v) is 3.11. The van der Waals surface area contributed by atoms with Crippen molar-refractivity contribution in [3.8, 4) is 0 Å². The van der Waals surface area contributed by atoms with Crippen LogP contribution < -0.4 is 5.32 Å². The summed E-state index contributed by atoms with van der Waals surface area (Å²) < 4.78 is 5.95. The van der Waals surface area contributed by atoms with Crippen molar-refractivity contribution in [2.45, 2.75) is 46.1 Å². The van der Waals surface area contributed by atoms with Gasteiger partial charge < -0.3 is 15.0 Å². The Morgan fingerprint density at radius 2 is 2.00 bits per heavy atom. The van der Waals surface area contributed by atoms with E-state index < -0.39 is 0 Å². The second-order valence-corrected chi connectivity index (χ2v) is 6.94. The van der Waals surface area contributed by atoms with E-state index in [0.717, 1.165) is 6.61 Å². The van der Waals surface area contributed by atoms with Crippen molar-refractivity contribution in [3.05, 3.63) is 0 Å². The Hall–Kier alpha value is 0.170. The van der Waals surface area contributed by atoms with E-state index in [1.165, 1.54) is 52.0 Å². The van der Waals surface area contributed by atoms with Gasteiger partial charge in [-0.3, -0.25) is 0 Å². The Labute approximate surface area is 124 Å². The fraction of sp³-hybridized carbons (Fsp3) is 1.00. The van der Waals surface area contributed by atoms with Gasteiger partial charge in [-0.15, -0.1) is 12.4 Å². The second kappa shape index (κ2) is 7.82. The highest BCUT2D eigenvalue weighted by molar-refractivity contribution is 5.85. The molecule has 2 heterocycles. The highest BCUT2D eigenvalue weighted by Gasteiger charge is 2.32. The summed E-state index contributed by atoms with van der Waals surface area (Å²) in [4.78, 5) is 2.64. The predicted octanol–water partition coefficient (Wildman–Crippen LogP) is 2.54. The molecule has 0 aromatic rings. The van der Waals surface area contributed by atoms with Crippen molar-refractivity contribution < 1.29 is 4.74 Å². The molecule has 4 heteroatoms. The molecule has 0 aromatic carbocycles. The molecule has 2 aliphatic rings. The molecule has 0 aromatic heterocycles. The summed E-state index contributed by atoms with van der Waals surface area (Å²) in [5.74, 6) is 0.659. The van der Waals surface area contributed by atoms with Gasteiger partial charge >= 0.3 is 0 Å². The average Bonchev–Trinajstić information content (AvgIpc) is 2.75. The van der Waals surface area contributed by atoms with Crippen LogP contribution in [-0.2, 0) is 4.74 Å². The number of nitrogens with zero attached hydrogens (tertiary/aromatic N) is 1. The Morgan fingerprint density at radius 3 is 2.53 bits per heavy atom. The molecule has 1 N–H and O–H groups in total. The van der Waals surface area contributed by atoms with E-state index in [2.05, 4.69) is 31.0 Å². The van der Waals surface area contributed by atoms with E-state index in [0.29, 0.717) is 17.4 Å². The monoisotopic (exact) mass is 290 g/mol. The molecule has 2 saturated heterocycles. The third kappa shape index (κ3) is 5.58. The van der Waals surface area contributed by atoms with Crippen LogP contribution in [0.15, 0.2) is 0 Å². The van der Waals surface area contributed by atoms with E-state index in [-0.39, 0.29) is 12.4 Å². The number of rotatable bonds is 5. The zero-order chi connectivity index (χ0) is 13.0. The van der Waals surface area contributed by atoms with Gasteiger partial charge in [0.2, 0.25) is 0 Å². The van der Waals surface area contributed by atoms with Gasteiger partial charge in [0.25, 0.3) is 0 Å². The lowest BCUT2D eigenvalue weighted by atomic mass is 9.88. The summed E-state index contributed by atoms with van der Waals surface area (Å²) >= 11 is 0. The summed E-state index contributed by atoms with van der Waals surface area (Å²) in [5, 5.41) is 3.49. The van der Waals surface area contributed by atoms with Crippen LogP contribution in [0.25, 0.3) is 0 Å². The largest absolute Gasteiger partial charge is 0.378 e. The quantitative estimate of drug-likeness (QED) is 0.842. The maximum Gasteiger partial charge on any atom is 0.0599 e. The van der Waals surface area contributed by atoms with Gasteiger partial charge in [0, 0.05) is 32.8 Å². The Morgan fingerprint density at radius 1 is 1.32 bits per heavy atom. The molecule has 2 fully saturated rings. The first-order chi connectivity index (χ1) is 8.57. The number of halogens is 1. The van der Waals surface area contributed by atoms with Crippen LogP contribution in [-0.4, -0.2) is 50.3 Å². The second-order valence-electron chi connectivity index (χ2n) is 6.94. The zero-order valence-electron chi connectivity index (χ0n) is 12.8. The lowest BCUT2D eigenvalue weighted by Gasteiger charge is -2.37. The average molecular weight is 291 g/mol. The molecule has 1 atom stereocenters. The van der Waals surface area contributed by atoms with Gasteiger partial charge in [0.15, 0.2) is 0 Å². The van der Waals surface area contributed by atoms with Crippen LogP contribution in [0, 0.1) is 11.3 Å². The third-order valence-electron chi connectivity index (χ3n) is 4.26. The predicted molar refractivity (Wildman–Crippen MR) is 83.1 cm³/mol. The molecule has 0 amide bonds. The molecule has 3 nitrogen and oxygen atoms in total. The molecule has 1 unspecified atom stereocenters. The molecule has 114 valence electrons. The van der Waals surface area contributed by atoms with Crippen LogP contribution in [0.2, 0.25) is 0 Å². The van der Waals surface area contributed by atoms with Crippen molar-refractivity contribution >= 4 is 12.4 Å². The highest BCUT2D eigenvalue weighted by Crippen LogP contribution is 2.27. The maximum atomic E-state index is 5.95. The zero-order valence-corrected chi connectivity index (χ0v) is 13.6. The standard InChI is InChI=1S/C15H30N2O.ClH/c1-13(2)10-18-14-4-8-17(9-5-14)12-15(3)6-7-16-11-15;/h13-14,16H,4-12H2,1-3H3;1H. The first kappa shape index (κ1) is 17.2. The van der Waals surface area contributed by atoms with Crippen molar-refractivity contribution in [2.75, 3.05) is 39.3 Å². The van der Waals surface area contributed by atoms with Crippen molar-refractivity contribution in [1.29, 1.82) is 0 Å². The molecule has 0 saturated carbocycles. The van der Waals surface area contributed by atoms with Crippen LogP contribution in [0.3, 0.4) is 0 Å². The van der Waals surface area contributed by atoms with Crippen LogP contribution in [0.1, 0.15) is 40.0 Å². The lowest BCUT2D eigenvalue weighted by molar-refractivity contribution is -0.0102. The summed E-state index contributed by atoms with van der Waals surface area (Å²) in [6.07, 6.45) is 4.28. The topological polar surface area (TPSA) is 24.5 Å². The van der Waals surface area contributed by atoms with E-state index in [1.807, 2.05) is 0 Å². The maximum absolute atomic E-state index is 5.95. The van der Waals surface area contributed by atoms with Crippen molar-refractivity contribution in [3.63, 3.8) is 0 Å². The van der Waals surface area contributed by atoms with Crippen LogP contribution in [0.5, 0.6) is 0 Å². The van der Waals surface area contributed by atoms with Gasteiger partial charge in [0.1, 0.15) is 0 Å². The molecule has 0 aliphatic carbocycles. The van der Waals surface area contributed by atoms with Gasteiger partial charge in [-0.1, -0.05) is 20.8 Å². The van der Waals surface area contributed by atoms with Crippen LogP contribution >= 0.6 is 12.4 Å². The third-order valence-corrected chi connectivity index (χ3v) is 4.26.